The molecule has 0 bridgehead atoms. The number of rotatable bonds is 8. The van der Waals surface area contributed by atoms with E-state index < -0.39 is 33.8 Å². The summed E-state index contributed by atoms with van der Waals surface area (Å²) in [5.74, 6) is -0.584. The minimum absolute atomic E-state index is 0.0186. The Labute approximate surface area is 242 Å². The molecule has 0 atom stereocenters. The third-order valence-electron chi connectivity index (χ3n) is 5.93. The maximum atomic E-state index is 13.3. The van der Waals surface area contributed by atoms with Gasteiger partial charge in [-0.2, -0.15) is 23.1 Å². The standard InChI is InChI=1S/C27H19Cl2F3N4O4S/c28-16-3-10-20(11-4-16)41(38,39)36-22-12-5-17(29)13-21(22)25(37)33-18-6-8-19(9-7-18)40-26-34-23(15-1-2-15)14-24(35-26)27(30,31)32/h3-15,36H,1-2H2,(H,33,37). The number of hydrogen-bond acceptors (Lipinski definition) is 6. The SMILES string of the molecule is O=C(Nc1ccc(Oc2nc(C3CC3)cc(C(F)(F)F)n2)cc1)c1cc(Cl)ccc1NS(=O)(=O)c1ccc(Cl)cc1. The second-order valence-corrected chi connectivity index (χ2v) is 11.6. The highest BCUT2D eigenvalue weighted by Gasteiger charge is 2.36. The summed E-state index contributed by atoms with van der Waals surface area (Å²) in [5, 5.41) is 3.18. The van der Waals surface area contributed by atoms with Crippen LogP contribution < -0.4 is 14.8 Å². The van der Waals surface area contributed by atoms with Crippen molar-refractivity contribution in [2.75, 3.05) is 10.0 Å². The van der Waals surface area contributed by atoms with Gasteiger partial charge in [0.25, 0.3) is 15.9 Å². The van der Waals surface area contributed by atoms with Crippen molar-refractivity contribution < 1.29 is 31.1 Å². The van der Waals surface area contributed by atoms with Crippen LogP contribution >= 0.6 is 23.2 Å². The molecule has 0 radical (unpaired) electrons. The molecule has 1 fully saturated rings. The van der Waals surface area contributed by atoms with Crippen LogP contribution in [0, 0.1) is 0 Å². The molecule has 212 valence electrons. The number of aromatic nitrogens is 2. The topological polar surface area (TPSA) is 110 Å². The Kier molecular flexibility index (Phi) is 7.82. The number of amides is 1. The molecule has 1 aliphatic rings. The number of carbonyl (C=O) groups is 1. The summed E-state index contributed by atoms with van der Waals surface area (Å²) >= 11 is 11.9. The van der Waals surface area contributed by atoms with Crippen LogP contribution in [0.4, 0.5) is 24.5 Å². The quantitative estimate of drug-likeness (QED) is 0.210. The number of sulfonamides is 1. The first-order valence-electron chi connectivity index (χ1n) is 12.0. The predicted octanol–water partition coefficient (Wildman–Crippen LogP) is 7.53. The molecule has 5 rings (SSSR count). The summed E-state index contributed by atoms with van der Waals surface area (Å²) in [6.07, 6.45) is -3.15. The van der Waals surface area contributed by atoms with Crippen molar-refractivity contribution in [3.8, 4) is 11.8 Å². The van der Waals surface area contributed by atoms with Gasteiger partial charge in [-0.05, 0) is 85.6 Å². The Bertz CT molecular complexity index is 1710. The van der Waals surface area contributed by atoms with Crippen molar-refractivity contribution in [3.63, 3.8) is 0 Å². The Hall–Kier alpha value is -3.87. The number of nitrogens with one attached hydrogen (secondary N) is 2. The average Bonchev–Trinajstić information content (AvgIpc) is 3.76. The Morgan fingerprint density at radius 3 is 2.20 bits per heavy atom. The minimum Gasteiger partial charge on any atom is -0.424 e. The van der Waals surface area contributed by atoms with Gasteiger partial charge in [-0.25, -0.2) is 8.42 Å². The summed E-state index contributed by atoms with van der Waals surface area (Å²) in [7, 11) is -4.05. The van der Waals surface area contributed by atoms with Crippen LogP contribution in [-0.4, -0.2) is 24.3 Å². The Morgan fingerprint density at radius 2 is 1.56 bits per heavy atom. The molecule has 0 spiro atoms. The van der Waals surface area contributed by atoms with Gasteiger partial charge in [-0.15, -0.1) is 0 Å². The summed E-state index contributed by atoms with van der Waals surface area (Å²) in [6, 6.07) is 15.8. The van der Waals surface area contributed by atoms with Crippen LogP contribution in [0.15, 0.2) is 77.7 Å². The monoisotopic (exact) mass is 622 g/mol. The van der Waals surface area contributed by atoms with Gasteiger partial charge in [0.15, 0.2) is 5.69 Å². The van der Waals surface area contributed by atoms with Crippen molar-refractivity contribution in [1.82, 2.24) is 9.97 Å². The zero-order valence-corrected chi connectivity index (χ0v) is 23.1. The van der Waals surface area contributed by atoms with Gasteiger partial charge < -0.3 is 10.1 Å². The van der Waals surface area contributed by atoms with E-state index in [4.69, 9.17) is 27.9 Å². The number of halogens is 5. The zero-order valence-electron chi connectivity index (χ0n) is 20.7. The molecule has 0 unspecified atom stereocenters. The molecule has 1 amide bonds. The molecule has 1 aliphatic carbocycles. The first-order chi connectivity index (χ1) is 19.4. The number of ether oxygens (including phenoxy) is 1. The van der Waals surface area contributed by atoms with E-state index in [1.54, 1.807) is 0 Å². The number of hydrogen-bond donors (Lipinski definition) is 2. The highest BCUT2D eigenvalue weighted by Crippen LogP contribution is 2.41. The predicted molar refractivity (Wildman–Crippen MR) is 147 cm³/mol. The Balaban J connectivity index is 1.32. The van der Waals surface area contributed by atoms with Crippen LogP contribution in [0.25, 0.3) is 0 Å². The fourth-order valence-corrected chi connectivity index (χ4v) is 5.12. The van der Waals surface area contributed by atoms with Crippen LogP contribution in [0.2, 0.25) is 10.0 Å². The van der Waals surface area contributed by atoms with Crippen molar-refractivity contribution in [1.29, 1.82) is 0 Å². The van der Waals surface area contributed by atoms with E-state index in [1.165, 1.54) is 66.7 Å². The molecular formula is C27H19Cl2F3N4O4S. The van der Waals surface area contributed by atoms with Crippen LogP contribution in [0.5, 0.6) is 11.8 Å². The smallest absolute Gasteiger partial charge is 0.424 e. The highest BCUT2D eigenvalue weighted by atomic mass is 35.5. The summed E-state index contributed by atoms with van der Waals surface area (Å²) in [5.41, 5.74) is -0.597. The van der Waals surface area contributed by atoms with Crippen LogP contribution in [0.3, 0.4) is 0 Å². The maximum absolute atomic E-state index is 13.3. The molecule has 8 nitrogen and oxygen atoms in total. The van der Waals surface area contributed by atoms with Gasteiger partial charge in [-0.1, -0.05) is 23.2 Å². The van der Waals surface area contributed by atoms with E-state index in [0.717, 1.165) is 18.9 Å². The third-order valence-corrected chi connectivity index (χ3v) is 7.80. The molecule has 14 heteroatoms. The minimum atomic E-state index is -4.65. The molecule has 41 heavy (non-hydrogen) atoms. The second kappa shape index (κ2) is 11.2. The molecule has 1 aromatic heterocycles. The lowest BCUT2D eigenvalue weighted by molar-refractivity contribution is -0.141. The number of nitrogens with zero attached hydrogens (tertiary/aromatic N) is 2. The first-order valence-corrected chi connectivity index (χ1v) is 14.2. The van der Waals surface area contributed by atoms with Crippen LogP contribution in [0.1, 0.15) is 40.5 Å². The fourth-order valence-electron chi connectivity index (χ4n) is 3.74. The van der Waals surface area contributed by atoms with E-state index in [0.29, 0.717) is 5.02 Å². The van der Waals surface area contributed by atoms with Gasteiger partial charge in [0.1, 0.15) is 5.75 Å². The lowest BCUT2D eigenvalue weighted by Gasteiger charge is -2.14. The lowest BCUT2D eigenvalue weighted by atomic mass is 10.1. The molecular weight excluding hydrogens is 604 g/mol. The number of anilines is 2. The van der Waals surface area contributed by atoms with Crippen molar-refractivity contribution in [3.05, 3.63) is 99.8 Å². The molecule has 3 aromatic carbocycles. The van der Waals surface area contributed by atoms with Gasteiger partial charge in [0, 0.05) is 21.7 Å². The fraction of sp³-hybridized carbons (Fsp3) is 0.148. The average molecular weight is 623 g/mol. The first kappa shape index (κ1) is 28.7. The van der Waals surface area contributed by atoms with Gasteiger partial charge in [-0.3, -0.25) is 9.52 Å². The largest absolute Gasteiger partial charge is 0.433 e. The van der Waals surface area contributed by atoms with E-state index in [9.17, 15) is 26.4 Å². The molecule has 4 aromatic rings. The third kappa shape index (κ3) is 7.07. The molecule has 0 saturated heterocycles. The van der Waals surface area contributed by atoms with Gasteiger partial charge in [0.05, 0.1) is 21.8 Å². The maximum Gasteiger partial charge on any atom is 0.433 e. The highest BCUT2D eigenvalue weighted by molar-refractivity contribution is 7.92. The second-order valence-electron chi connectivity index (χ2n) is 9.06. The lowest BCUT2D eigenvalue weighted by Crippen LogP contribution is -2.18. The van der Waals surface area contributed by atoms with Gasteiger partial charge in [0.2, 0.25) is 0 Å². The van der Waals surface area contributed by atoms with Gasteiger partial charge >= 0.3 is 12.2 Å². The normalized spacial score (nSPS) is 13.5. The molecule has 0 aliphatic heterocycles. The Morgan fingerprint density at radius 1 is 0.902 bits per heavy atom. The summed E-state index contributed by atoms with van der Waals surface area (Å²) in [6.45, 7) is 0. The van der Waals surface area contributed by atoms with Crippen LogP contribution in [-0.2, 0) is 16.2 Å². The summed E-state index contributed by atoms with van der Waals surface area (Å²) < 4.78 is 73.4. The van der Waals surface area contributed by atoms with E-state index >= 15 is 0 Å². The zero-order chi connectivity index (χ0) is 29.4. The number of carbonyl (C=O) groups excluding carboxylic acids is 1. The van der Waals surface area contributed by atoms with E-state index in [-0.39, 0.29) is 44.2 Å². The van der Waals surface area contributed by atoms with Crippen molar-refractivity contribution in [2.45, 2.75) is 29.8 Å². The molecule has 1 saturated carbocycles. The number of benzene rings is 3. The van der Waals surface area contributed by atoms with E-state index in [2.05, 4.69) is 20.0 Å². The summed E-state index contributed by atoms with van der Waals surface area (Å²) in [4.78, 5) is 20.6. The van der Waals surface area contributed by atoms with Crippen molar-refractivity contribution in [2.24, 2.45) is 0 Å². The molecule has 1 heterocycles. The number of alkyl halides is 3. The van der Waals surface area contributed by atoms with E-state index in [1.807, 2.05) is 0 Å². The molecule has 2 N–H and O–H groups in total. The van der Waals surface area contributed by atoms with Crippen molar-refractivity contribution >= 4 is 50.5 Å².